The Morgan fingerprint density at radius 1 is 1.35 bits per heavy atom. The van der Waals surface area contributed by atoms with Crippen LogP contribution in [0.1, 0.15) is 26.7 Å². The number of hydrogen-bond acceptors (Lipinski definition) is 7. The van der Waals surface area contributed by atoms with Gasteiger partial charge in [0.25, 0.3) is 0 Å². The molecule has 0 aliphatic heterocycles. The van der Waals surface area contributed by atoms with Gasteiger partial charge in [-0.1, -0.05) is 18.8 Å². The average Bonchev–Trinajstić information content (AvgIpc) is 2.32. The largest absolute Gasteiger partial charge is 0.474 e. The minimum Gasteiger partial charge on any atom is -0.346 e. The number of hydrogen-bond donors (Lipinski definition) is 3. The van der Waals surface area contributed by atoms with Crippen LogP contribution in [0.2, 0.25) is 0 Å². The fourth-order valence-corrected chi connectivity index (χ4v) is 2.09. The van der Waals surface area contributed by atoms with Crippen molar-refractivity contribution in [3.05, 3.63) is 6.07 Å². The van der Waals surface area contributed by atoms with E-state index >= 15 is 0 Å². The number of anilines is 3. The number of nitrogens with zero attached hydrogens (tertiary/aromatic N) is 3. The van der Waals surface area contributed by atoms with Gasteiger partial charge in [-0.15, -0.1) is 0 Å². The molecule has 0 atom stereocenters. The SMILES string of the molecule is CCCN(CCC)c1cc(N)[n+](OS(=O)(=O)O)c(N)n1. The van der Waals surface area contributed by atoms with Crippen LogP contribution in [-0.4, -0.2) is 31.0 Å². The molecule has 0 fully saturated rings. The monoisotopic (exact) mass is 306 g/mol. The van der Waals surface area contributed by atoms with E-state index in [-0.39, 0.29) is 11.8 Å². The van der Waals surface area contributed by atoms with Crippen LogP contribution in [-0.2, 0) is 10.4 Å². The molecule has 114 valence electrons. The zero-order valence-corrected chi connectivity index (χ0v) is 12.3. The van der Waals surface area contributed by atoms with Crippen LogP contribution in [0.15, 0.2) is 6.07 Å². The van der Waals surface area contributed by atoms with Gasteiger partial charge in [0, 0.05) is 13.1 Å². The van der Waals surface area contributed by atoms with Crippen LogP contribution in [0, 0.1) is 0 Å². The van der Waals surface area contributed by atoms with Crippen LogP contribution in [0.4, 0.5) is 17.6 Å². The Hall–Kier alpha value is -1.81. The van der Waals surface area contributed by atoms with Crippen molar-refractivity contribution in [1.29, 1.82) is 0 Å². The van der Waals surface area contributed by atoms with Gasteiger partial charge in [-0.2, -0.15) is 8.42 Å². The molecule has 0 saturated carbocycles. The highest BCUT2D eigenvalue weighted by Gasteiger charge is 2.22. The standard InChI is InChI=1S/C10H19N5O4S/c1-3-5-14(6-4-2)9-7-8(11)15(10(12)13-9)19-20(16,17)18/h7H,3-6H2,1-2H3,(H4,11,12,13,16,17,18)/p+1. The smallest absolute Gasteiger partial charge is 0.346 e. The Balaban J connectivity index is 3.14. The Bertz CT molecular complexity index is 534. The summed E-state index contributed by atoms with van der Waals surface area (Å²) in [6, 6.07) is 1.44. The van der Waals surface area contributed by atoms with E-state index in [2.05, 4.69) is 9.27 Å². The fourth-order valence-electron chi connectivity index (χ4n) is 1.74. The molecule has 0 amide bonds. The summed E-state index contributed by atoms with van der Waals surface area (Å²) >= 11 is 0. The van der Waals surface area contributed by atoms with E-state index in [0.717, 1.165) is 25.9 Å². The minimum atomic E-state index is -4.73. The summed E-state index contributed by atoms with van der Waals surface area (Å²) in [6.45, 7) is 5.59. The van der Waals surface area contributed by atoms with Crippen molar-refractivity contribution in [2.24, 2.45) is 0 Å². The first-order chi connectivity index (χ1) is 9.28. The molecule has 0 aromatic carbocycles. The van der Waals surface area contributed by atoms with Crippen molar-refractivity contribution >= 4 is 28.0 Å². The quantitative estimate of drug-likeness (QED) is 0.448. The van der Waals surface area contributed by atoms with Crippen molar-refractivity contribution in [2.75, 3.05) is 29.5 Å². The Morgan fingerprint density at radius 2 is 1.90 bits per heavy atom. The number of nitrogens with two attached hydrogens (primary N) is 2. The molecule has 0 spiro atoms. The van der Waals surface area contributed by atoms with Gasteiger partial charge in [-0.25, -0.2) is 4.28 Å². The van der Waals surface area contributed by atoms with Gasteiger partial charge < -0.3 is 16.4 Å². The first kappa shape index (κ1) is 16.2. The molecule has 0 unspecified atom stereocenters. The Morgan fingerprint density at radius 3 is 2.30 bits per heavy atom. The predicted octanol–water partition coefficient (Wildman–Crippen LogP) is -0.609. The lowest BCUT2D eigenvalue weighted by Crippen LogP contribution is -2.50. The van der Waals surface area contributed by atoms with Gasteiger partial charge >= 0.3 is 16.3 Å². The zero-order valence-electron chi connectivity index (χ0n) is 11.5. The Kier molecular flexibility index (Phi) is 5.34. The third-order valence-corrected chi connectivity index (χ3v) is 2.77. The second-order valence-corrected chi connectivity index (χ2v) is 5.19. The summed E-state index contributed by atoms with van der Waals surface area (Å²) in [5.74, 6) is 0.177. The summed E-state index contributed by atoms with van der Waals surface area (Å²) < 4.78 is 34.8. The zero-order chi connectivity index (χ0) is 15.3. The van der Waals surface area contributed by atoms with E-state index in [1.54, 1.807) is 0 Å². The van der Waals surface area contributed by atoms with Crippen LogP contribution in [0.3, 0.4) is 0 Å². The number of nitrogen functional groups attached to an aromatic ring is 2. The molecule has 5 N–H and O–H groups in total. The van der Waals surface area contributed by atoms with E-state index in [1.807, 2.05) is 18.7 Å². The highest BCUT2D eigenvalue weighted by molar-refractivity contribution is 7.80. The van der Waals surface area contributed by atoms with Crippen LogP contribution in [0.25, 0.3) is 0 Å². The van der Waals surface area contributed by atoms with E-state index in [4.69, 9.17) is 16.0 Å². The molecular weight excluding hydrogens is 286 g/mol. The van der Waals surface area contributed by atoms with E-state index in [0.29, 0.717) is 10.5 Å². The van der Waals surface area contributed by atoms with Gasteiger partial charge in [0.1, 0.15) is 0 Å². The average molecular weight is 306 g/mol. The van der Waals surface area contributed by atoms with Gasteiger partial charge in [-0.3, -0.25) is 4.55 Å². The highest BCUT2D eigenvalue weighted by Crippen LogP contribution is 2.14. The molecular formula is C10H20N5O4S+. The van der Waals surface area contributed by atoms with Gasteiger partial charge in [-0.05, 0) is 17.6 Å². The van der Waals surface area contributed by atoms with Gasteiger partial charge in [0.05, 0.1) is 6.07 Å². The molecule has 20 heavy (non-hydrogen) atoms. The van der Waals surface area contributed by atoms with Crippen molar-refractivity contribution in [2.45, 2.75) is 26.7 Å². The third kappa shape index (κ3) is 4.38. The normalized spacial score (nSPS) is 11.3. The molecule has 9 nitrogen and oxygen atoms in total. The summed E-state index contributed by atoms with van der Waals surface area (Å²) in [7, 11) is -4.73. The van der Waals surface area contributed by atoms with Crippen molar-refractivity contribution in [1.82, 2.24) is 4.98 Å². The van der Waals surface area contributed by atoms with Crippen molar-refractivity contribution in [3.8, 4) is 0 Å². The maximum absolute atomic E-state index is 10.7. The van der Waals surface area contributed by atoms with Crippen molar-refractivity contribution < 1.29 is 22.0 Å². The molecule has 0 aliphatic carbocycles. The number of rotatable bonds is 7. The Labute approximate surface area is 118 Å². The lowest BCUT2D eigenvalue weighted by Gasteiger charge is -2.21. The van der Waals surface area contributed by atoms with E-state index < -0.39 is 10.4 Å². The van der Waals surface area contributed by atoms with Crippen molar-refractivity contribution in [3.63, 3.8) is 0 Å². The van der Waals surface area contributed by atoms with Gasteiger partial charge in [0.2, 0.25) is 5.82 Å². The predicted molar refractivity (Wildman–Crippen MR) is 74.2 cm³/mol. The molecule has 0 bridgehead atoms. The second kappa shape index (κ2) is 6.57. The molecule has 0 aliphatic rings. The summed E-state index contributed by atoms with van der Waals surface area (Å²) in [5, 5.41) is 0. The second-order valence-electron chi connectivity index (χ2n) is 4.18. The fraction of sp³-hybridized carbons (Fsp3) is 0.600. The van der Waals surface area contributed by atoms with E-state index in [1.165, 1.54) is 6.07 Å². The molecule has 1 rings (SSSR count). The lowest BCUT2D eigenvalue weighted by atomic mass is 10.3. The third-order valence-electron chi connectivity index (χ3n) is 2.43. The summed E-state index contributed by atoms with van der Waals surface area (Å²) in [4.78, 5) is 6.02. The van der Waals surface area contributed by atoms with Gasteiger partial charge in [0.15, 0.2) is 5.82 Å². The molecule has 1 aromatic rings. The number of aromatic nitrogens is 2. The molecule has 1 aromatic heterocycles. The molecule has 0 radical (unpaired) electrons. The minimum absolute atomic E-state index is 0.0812. The highest BCUT2D eigenvalue weighted by atomic mass is 32.3. The lowest BCUT2D eigenvalue weighted by molar-refractivity contribution is -0.835. The topological polar surface area (TPSA) is 136 Å². The molecule has 0 saturated heterocycles. The first-order valence-corrected chi connectivity index (χ1v) is 7.55. The maximum Gasteiger partial charge on any atom is 0.474 e. The van der Waals surface area contributed by atoms with Crippen LogP contribution >= 0.6 is 0 Å². The first-order valence-electron chi connectivity index (χ1n) is 6.18. The molecule has 10 heteroatoms. The van der Waals surface area contributed by atoms with Crippen LogP contribution < -0.4 is 25.4 Å². The summed E-state index contributed by atoms with van der Waals surface area (Å²) in [6.07, 6.45) is 1.83. The maximum atomic E-state index is 10.7. The van der Waals surface area contributed by atoms with E-state index in [9.17, 15) is 8.42 Å². The summed E-state index contributed by atoms with van der Waals surface area (Å²) in [5.41, 5.74) is 11.3. The molecule has 1 heterocycles. The van der Waals surface area contributed by atoms with Crippen LogP contribution in [0.5, 0.6) is 0 Å².